The number of hydrogen-bond acceptors (Lipinski definition) is 6. The highest BCUT2D eigenvalue weighted by molar-refractivity contribution is 5.98. The summed E-state index contributed by atoms with van der Waals surface area (Å²) < 4.78 is 4.77. The lowest BCUT2D eigenvalue weighted by molar-refractivity contribution is -0.143. The molecule has 0 aliphatic heterocycles. The van der Waals surface area contributed by atoms with Gasteiger partial charge in [-0.15, -0.1) is 0 Å². The molecule has 2 heterocycles. The minimum absolute atomic E-state index is 0.0368. The molecule has 0 aromatic carbocycles. The average molecular weight is 300 g/mol. The van der Waals surface area contributed by atoms with Gasteiger partial charge < -0.3 is 9.84 Å². The van der Waals surface area contributed by atoms with Gasteiger partial charge in [0.2, 0.25) is 0 Å². The number of rotatable bonds is 6. The van der Waals surface area contributed by atoms with E-state index in [-0.39, 0.29) is 30.9 Å². The van der Waals surface area contributed by atoms with Crippen molar-refractivity contribution in [3.8, 4) is 17.0 Å². The van der Waals surface area contributed by atoms with Crippen molar-refractivity contribution >= 4 is 11.8 Å². The Bertz CT molecular complexity index is 671. The lowest BCUT2D eigenvalue weighted by Crippen LogP contribution is -2.09. The van der Waals surface area contributed by atoms with Crippen LogP contribution < -0.4 is 0 Å². The maximum atomic E-state index is 12.1. The highest BCUT2D eigenvalue weighted by Crippen LogP contribution is 2.23. The van der Waals surface area contributed by atoms with Crippen LogP contribution in [0.3, 0.4) is 0 Å². The molecule has 0 unspecified atom stereocenters. The van der Waals surface area contributed by atoms with Gasteiger partial charge in [0, 0.05) is 24.4 Å². The fourth-order valence-electron chi connectivity index (χ4n) is 1.90. The smallest absolute Gasteiger partial charge is 0.306 e. The Morgan fingerprint density at radius 2 is 2.05 bits per heavy atom. The number of carbonyl (C=O) groups is 2. The van der Waals surface area contributed by atoms with E-state index in [1.165, 1.54) is 6.07 Å². The van der Waals surface area contributed by atoms with Gasteiger partial charge in [-0.2, -0.15) is 0 Å². The predicted octanol–water partition coefficient (Wildman–Crippen LogP) is 2.38. The van der Waals surface area contributed by atoms with Crippen molar-refractivity contribution in [3.63, 3.8) is 0 Å². The van der Waals surface area contributed by atoms with Crippen LogP contribution >= 0.6 is 0 Å². The van der Waals surface area contributed by atoms with Gasteiger partial charge in [0.1, 0.15) is 11.4 Å². The van der Waals surface area contributed by atoms with Crippen molar-refractivity contribution in [2.45, 2.75) is 19.8 Å². The Morgan fingerprint density at radius 1 is 1.23 bits per heavy atom. The molecule has 114 valence electrons. The maximum Gasteiger partial charge on any atom is 0.306 e. The lowest BCUT2D eigenvalue weighted by Gasteiger charge is -2.06. The molecule has 0 aliphatic rings. The van der Waals surface area contributed by atoms with Crippen LogP contribution in [0.2, 0.25) is 0 Å². The number of esters is 1. The Labute approximate surface area is 127 Å². The lowest BCUT2D eigenvalue weighted by atomic mass is 10.1. The van der Waals surface area contributed by atoms with Gasteiger partial charge in [0.05, 0.1) is 18.7 Å². The van der Waals surface area contributed by atoms with Crippen LogP contribution in [0.5, 0.6) is 5.75 Å². The molecule has 6 nitrogen and oxygen atoms in total. The number of nitrogens with zero attached hydrogens (tertiary/aromatic N) is 2. The van der Waals surface area contributed by atoms with E-state index in [2.05, 4.69) is 9.97 Å². The third-order valence-corrected chi connectivity index (χ3v) is 2.96. The van der Waals surface area contributed by atoms with E-state index < -0.39 is 11.8 Å². The van der Waals surface area contributed by atoms with Crippen LogP contribution in [0.4, 0.5) is 0 Å². The molecule has 2 aromatic rings. The van der Waals surface area contributed by atoms with E-state index in [0.29, 0.717) is 5.69 Å². The van der Waals surface area contributed by atoms with E-state index in [4.69, 9.17) is 4.74 Å². The summed E-state index contributed by atoms with van der Waals surface area (Å²) in [5.41, 5.74) is 1.22. The fourth-order valence-corrected chi connectivity index (χ4v) is 1.90. The first-order chi connectivity index (χ1) is 10.6. The third-order valence-electron chi connectivity index (χ3n) is 2.96. The first kappa shape index (κ1) is 15.6. The third kappa shape index (κ3) is 3.88. The second-order valence-electron chi connectivity index (χ2n) is 4.53. The predicted molar refractivity (Wildman–Crippen MR) is 79.3 cm³/mol. The second-order valence-corrected chi connectivity index (χ2v) is 4.53. The Morgan fingerprint density at radius 3 is 2.73 bits per heavy atom. The molecule has 0 aliphatic carbocycles. The molecule has 1 N–H and O–H groups in total. The van der Waals surface area contributed by atoms with Crippen LogP contribution in [0.25, 0.3) is 11.3 Å². The topological polar surface area (TPSA) is 89.4 Å². The van der Waals surface area contributed by atoms with E-state index in [1.807, 2.05) is 0 Å². The Balaban J connectivity index is 2.16. The first-order valence-electron chi connectivity index (χ1n) is 6.91. The zero-order chi connectivity index (χ0) is 15.9. The van der Waals surface area contributed by atoms with Crippen LogP contribution in [0.1, 0.15) is 30.3 Å². The summed E-state index contributed by atoms with van der Waals surface area (Å²) in [5, 5.41) is 9.81. The number of carbonyl (C=O) groups excluding carboxylic acids is 2. The van der Waals surface area contributed by atoms with Gasteiger partial charge in [0.15, 0.2) is 5.78 Å². The van der Waals surface area contributed by atoms with E-state index in [1.54, 1.807) is 37.5 Å². The molecule has 0 fully saturated rings. The minimum atomic E-state index is -0.446. The zero-order valence-electron chi connectivity index (χ0n) is 12.2. The number of pyridine rings is 2. The molecule has 0 amide bonds. The monoisotopic (exact) mass is 300 g/mol. The summed E-state index contributed by atoms with van der Waals surface area (Å²) in [7, 11) is 0. The first-order valence-corrected chi connectivity index (χ1v) is 6.91. The molecule has 0 radical (unpaired) electrons. The number of hydrogen-bond donors (Lipinski definition) is 1. The number of Topliss-reactive ketones (excluding diaryl/α,β-unsaturated/α-hetero) is 1. The zero-order valence-corrected chi connectivity index (χ0v) is 12.2. The molecular formula is C16H16N2O4. The minimum Gasteiger partial charge on any atom is -0.506 e. The number of ether oxygens (including phenoxy) is 1. The van der Waals surface area contributed by atoms with Gasteiger partial charge in [-0.25, -0.2) is 4.98 Å². The molecule has 0 spiro atoms. The number of aromatic nitrogens is 2. The van der Waals surface area contributed by atoms with Crippen LogP contribution in [-0.2, 0) is 9.53 Å². The van der Waals surface area contributed by atoms with Gasteiger partial charge in [-0.05, 0) is 31.2 Å². The van der Waals surface area contributed by atoms with Crippen molar-refractivity contribution < 1.29 is 19.4 Å². The maximum absolute atomic E-state index is 12.1. The molecule has 6 heteroatoms. The van der Waals surface area contributed by atoms with Crippen LogP contribution in [0, 0.1) is 0 Å². The Kier molecular flexibility index (Phi) is 5.19. The quantitative estimate of drug-likeness (QED) is 0.650. The number of aromatic hydroxyl groups is 1. The van der Waals surface area contributed by atoms with Gasteiger partial charge in [-0.3, -0.25) is 14.6 Å². The van der Waals surface area contributed by atoms with Gasteiger partial charge in [-0.1, -0.05) is 0 Å². The van der Waals surface area contributed by atoms with Crippen molar-refractivity contribution in [3.05, 3.63) is 42.4 Å². The van der Waals surface area contributed by atoms with E-state index in [9.17, 15) is 14.7 Å². The standard InChI is InChI=1S/C16H16N2O4/c1-2-22-15(21)8-7-14(20)16-13(19)6-5-12(18-16)11-4-3-9-17-10-11/h3-6,9-10,19H,2,7-8H2,1H3. The van der Waals surface area contributed by atoms with Gasteiger partial charge in [0.25, 0.3) is 0 Å². The highest BCUT2D eigenvalue weighted by atomic mass is 16.5. The molecular weight excluding hydrogens is 284 g/mol. The molecule has 2 aromatic heterocycles. The highest BCUT2D eigenvalue weighted by Gasteiger charge is 2.16. The van der Waals surface area contributed by atoms with E-state index in [0.717, 1.165) is 5.56 Å². The summed E-state index contributed by atoms with van der Waals surface area (Å²) in [4.78, 5) is 31.6. The van der Waals surface area contributed by atoms with Crippen molar-refractivity contribution in [1.82, 2.24) is 9.97 Å². The summed E-state index contributed by atoms with van der Waals surface area (Å²) in [6.07, 6.45) is 3.16. The second kappa shape index (κ2) is 7.31. The van der Waals surface area contributed by atoms with Gasteiger partial charge >= 0.3 is 5.97 Å². The molecule has 0 saturated heterocycles. The van der Waals surface area contributed by atoms with Crippen molar-refractivity contribution in [2.24, 2.45) is 0 Å². The van der Waals surface area contributed by atoms with Crippen LogP contribution in [-0.4, -0.2) is 33.4 Å². The summed E-state index contributed by atoms with van der Waals surface area (Å²) in [6.45, 7) is 1.97. The Hall–Kier alpha value is -2.76. The fraction of sp³-hybridized carbons (Fsp3) is 0.250. The molecule has 0 atom stereocenters. The van der Waals surface area contributed by atoms with Crippen molar-refractivity contribution in [1.29, 1.82) is 0 Å². The van der Waals surface area contributed by atoms with Crippen LogP contribution in [0.15, 0.2) is 36.7 Å². The molecule has 0 saturated carbocycles. The SMILES string of the molecule is CCOC(=O)CCC(=O)c1nc(-c2cccnc2)ccc1O. The largest absolute Gasteiger partial charge is 0.506 e. The normalized spacial score (nSPS) is 10.2. The van der Waals surface area contributed by atoms with E-state index >= 15 is 0 Å². The molecule has 0 bridgehead atoms. The molecule has 22 heavy (non-hydrogen) atoms. The van der Waals surface area contributed by atoms with Crippen molar-refractivity contribution in [2.75, 3.05) is 6.61 Å². The summed E-state index contributed by atoms with van der Waals surface area (Å²) in [6, 6.07) is 6.58. The number of ketones is 1. The summed E-state index contributed by atoms with van der Waals surface area (Å²) >= 11 is 0. The summed E-state index contributed by atoms with van der Waals surface area (Å²) in [5.74, 6) is -1.06. The average Bonchev–Trinajstić information content (AvgIpc) is 2.54. The molecule has 2 rings (SSSR count).